The zero-order valence-electron chi connectivity index (χ0n) is 11.4. The molecule has 4 aliphatic carbocycles. The highest BCUT2D eigenvalue weighted by Crippen LogP contribution is 2.61. The molecule has 4 bridgehead atoms. The Morgan fingerprint density at radius 1 is 1.06 bits per heavy atom. The van der Waals surface area contributed by atoms with Gasteiger partial charge in [0.05, 0.1) is 0 Å². The molecule has 0 saturated heterocycles. The maximum Gasteiger partial charge on any atom is 0.0164 e. The molecule has 98 valence electrons. The van der Waals surface area contributed by atoms with E-state index in [2.05, 4.69) is 19.2 Å². The minimum Gasteiger partial charge on any atom is -0.329 e. The van der Waals surface area contributed by atoms with Crippen LogP contribution in [0.1, 0.15) is 52.4 Å². The van der Waals surface area contributed by atoms with Crippen molar-refractivity contribution in [1.29, 1.82) is 0 Å². The molecule has 4 saturated carbocycles. The molecule has 2 nitrogen and oxygen atoms in total. The molecular weight excluding hydrogens is 208 g/mol. The Morgan fingerprint density at radius 3 is 1.94 bits per heavy atom. The fourth-order valence-corrected chi connectivity index (χ4v) is 5.38. The molecule has 4 fully saturated rings. The Morgan fingerprint density at radius 2 is 1.53 bits per heavy atom. The minimum atomic E-state index is 0.470. The van der Waals surface area contributed by atoms with Gasteiger partial charge in [0, 0.05) is 18.6 Å². The number of hydrogen-bond acceptors (Lipinski definition) is 2. The van der Waals surface area contributed by atoms with Crippen LogP contribution in [0.25, 0.3) is 0 Å². The third kappa shape index (κ3) is 2.04. The Labute approximate surface area is 106 Å². The summed E-state index contributed by atoms with van der Waals surface area (Å²) in [6.07, 6.45) is 9.09. The standard InChI is InChI=1S/C15H28N2/c1-10(9-16)17-11(2)15-6-12-3-13(7-15)5-14(4-12)8-15/h10-14,17H,3-9,16H2,1-2H3. The molecule has 0 spiro atoms. The van der Waals surface area contributed by atoms with Crippen molar-refractivity contribution in [3.8, 4) is 0 Å². The molecule has 0 heterocycles. The van der Waals surface area contributed by atoms with Gasteiger partial charge < -0.3 is 11.1 Å². The molecule has 4 rings (SSSR count). The van der Waals surface area contributed by atoms with Crippen LogP contribution in [0, 0.1) is 23.2 Å². The van der Waals surface area contributed by atoms with Crippen molar-refractivity contribution in [1.82, 2.24) is 5.32 Å². The fraction of sp³-hybridized carbons (Fsp3) is 1.00. The van der Waals surface area contributed by atoms with E-state index in [1.165, 1.54) is 38.5 Å². The van der Waals surface area contributed by atoms with Gasteiger partial charge in [-0.3, -0.25) is 0 Å². The summed E-state index contributed by atoms with van der Waals surface area (Å²) in [5.41, 5.74) is 6.37. The maximum absolute atomic E-state index is 5.75. The minimum absolute atomic E-state index is 0.470. The molecule has 2 heteroatoms. The lowest BCUT2D eigenvalue weighted by Crippen LogP contribution is -2.56. The van der Waals surface area contributed by atoms with Crippen molar-refractivity contribution in [3.05, 3.63) is 0 Å². The number of rotatable bonds is 4. The fourth-order valence-electron chi connectivity index (χ4n) is 5.38. The highest BCUT2D eigenvalue weighted by molar-refractivity contribution is 5.05. The van der Waals surface area contributed by atoms with Gasteiger partial charge in [-0.15, -0.1) is 0 Å². The van der Waals surface area contributed by atoms with Crippen LogP contribution >= 0.6 is 0 Å². The van der Waals surface area contributed by atoms with Gasteiger partial charge in [-0.2, -0.15) is 0 Å². The maximum atomic E-state index is 5.75. The summed E-state index contributed by atoms with van der Waals surface area (Å²) in [5.74, 6) is 3.16. The van der Waals surface area contributed by atoms with Gasteiger partial charge in [-0.25, -0.2) is 0 Å². The first-order valence-corrected chi connectivity index (χ1v) is 7.57. The monoisotopic (exact) mass is 236 g/mol. The summed E-state index contributed by atoms with van der Waals surface area (Å²) < 4.78 is 0. The normalized spacial score (nSPS) is 47.1. The second kappa shape index (κ2) is 4.24. The van der Waals surface area contributed by atoms with E-state index in [0.29, 0.717) is 17.5 Å². The molecule has 2 unspecified atom stereocenters. The zero-order chi connectivity index (χ0) is 12.0. The first kappa shape index (κ1) is 12.0. The molecule has 0 aliphatic heterocycles. The van der Waals surface area contributed by atoms with E-state index in [1.807, 2.05) is 0 Å². The summed E-state index contributed by atoms with van der Waals surface area (Å²) in [7, 11) is 0. The highest BCUT2D eigenvalue weighted by atomic mass is 15.0. The van der Waals surface area contributed by atoms with Gasteiger partial charge in [0.15, 0.2) is 0 Å². The Kier molecular flexibility index (Phi) is 2.99. The van der Waals surface area contributed by atoms with Crippen LogP contribution in [0.5, 0.6) is 0 Å². The van der Waals surface area contributed by atoms with Crippen LogP contribution in [-0.4, -0.2) is 18.6 Å². The summed E-state index contributed by atoms with van der Waals surface area (Å²) in [5, 5.41) is 3.76. The molecular formula is C15H28N2. The smallest absolute Gasteiger partial charge is 0.0164 e. The van der Waals surface area contributed by atoms with E-state index < -0.39 is 0 Å². The number of nitrogens with two attached hydrogens (primary N) is 1. The van der Waals surface area contributed by atoms with Crippen LogP contribution < -0.4 is 11.1 Å². The van der Waals surface area contributed by atoms with E-state index in [4.69, 9.17) is 5.73 Å². The Bertz CT molecular complexity index is 251. The third-order valence-electron chi connectivity index (χ3n) is 5.89. The molecule has 17 heavy (non-hydrogen) atoms. The second-order valence-corrected chi connectivity index (χ2v) is 7.31. The summed E-state index contributed by atoms with van der Waals surface area (Å²) in [6, 6.07) is 1.13. The van der Waals surface area contributed by atoms with E-state index in [-0.39, 0.29) is 0 Å². The van der Waals surface area contributed by atoms with Crippen molar-refractivity contribution < 1.29 is 0 Å². The van der Waals surface area contributed by atoms with Gasteiger partial charge in [0.2, 0.25) is 0 Å². The van der Waals surface area contributed by atoms with E-state index in [0.717, 1.165) is 24.3 Å². The first-order chi connectivity index (χ1) is 8.11. The molecule has 0 aromatic heterocycles. The van der Waals surface area contributed by atoms with Crippen LogP contribution in [0.4, 0.5) is 0 Å². The van der Waals surface area contributed by atoms with Crippen LogP contribution in [-0.2, 0) is 0 Å². The van der Waals surface area contributed by atoms with Crippen LogP contribution in [0.3, 0.4) is 0 Å². The first-order valence-electron chi connectivity index (χ1n) is 7.57. The van der Waals surface area contributed by atoms with E-state index in [1.54, 1.807) is 0 Å². The van der Waals surface area contributed by atoms with E-state index in [9.17, 15) is 0 Å². The average molecular weight is 236 g/mol. The van der Waals surface area contributed by atoms with Crippen molar-refractivity contribution in [3.63, 3.8) is 0 Å². The predicted octanol–water partition coefficient (Wildman–Crippen LogP) is 2.53. The highest BCUT2D eigenvalue weighted by Gasteiger charge is 2.53. The molecule has 0 radical (unpaired) electrons. The molecule has 3 N–H and O–H groups in total. The van der Waals surface area contributed by atoms with Crippen LogP contribution in [0.15, 0.2) is 0 Å². The lowest BCUT2D eigenvalue weighted by atomic mass is 9.48. The third-order valence-corrected chi connectivity index (χ3v) is 5.89. The molecule has 4 aliphatic rings. The number of nitrogens with one attached hydrogen (secondary N) is 1. The second-order valence-electron chi connectivity index (χ2n) is 7.31. The molecule has 0 amide bonds. The summed E-state index contributed by atoms with van der Waals surface area (Å²) in [6.45, 7) is 5.40. The quantitative estimate of drug-likeness (QED) is 0.787. The molecule has 0 aromatic carbocycles. The van der Waals surface area contributed by atoms with Crippen molar-refractivity contribution in [2.45, 2.75) is 64.5 Å². The molecule has 2 atom stereocenters. The largest absolute Gasteiger partial charge is 0.329 e. The van der Waals surface area contributed by atoms with Crippen molar-refractivity contribution in [2.75, 3.05) is 6.54 Å². The van der Waals surface area contributed by atoms with E-state index >= 15 is 0 Å². The van der Waals surface area contributed by atoms with Gasteiger partial charge in [0.25, 0.3) is 0 Å². The average Bonchev–Trinajstić information content (AvgIpc) is 2.26. The van der Waals surface area contributed by atoms with Gasteiger partial charge in [-0.05, 0) is 75.5 Å². The van der Waals surface area contributed by atoms with Crippen LogP contribution in [0.2, 0.25) is 0 Å². The molecule has 0 aromatic rings. The zero-order valence-corrected chi connectivity index (χ0v) is 11.4. The van der Waals surface area contributed by atoms with Crippen molar-refractivity contribution >= 4 is 0 Å². The lowest BCUT2D eigenvalue weighted by molar-refractivity contribution is -0.0717. The summed E-state index contributed by atoms with van der Waals surface area (Å²) in [4.78, 5) is 0. The van der Waals surface area contributed by atoms with Gasteiger partial charge >= 0.3 is 0 Å². The van der Waals surface area contributed by atoms with Crippen molar-refractivity contribution in [2.24, 2.45) is 28.9 Å². The number of hydrogen-bond donors (Lipinski definition) is 2. The lowest BCUT2D eigenvalue weighted by Gasteiger charge is -2.59. The SMILES string of the molecule is CC(CN)NC(C)C12CC3CC(CC(C3)C1)C2. The van der Waals surface area contributed by atoms with Gasteiger partial charge in [-0.1, -0.05) is 0 Å². The Hall–Kier alpha value is -0.0800. The van der Waals surface area contributed by atoms with Gasteiger partial charge in [0.1, 0.15) is 0 Å². The summed E-state index contributed by atoms with van der Waals surface area (Å²) >= 11 is 0. The topological polar surface area (TPSA) is 38.0 Å². The predicted molar refractivity (Wildman–Crippen MR) is 71.7 cm³/mol. The Balaban J connectivity index is 1.73.